The molecule has 8 heteroatoms. The molecular formula is C11H11F2N5S. The molecule has 100 valence electrons. The average Bonchev–Trinajstić information content (AvgIpc) is 2.87. The Balaban J connectivity index is 2.05. The first-order valence-corrected chi connectivity index (χ1v) is 5.86. The zero-order valence-corrected chi connectivity index (χ0v) is 10.6. The lowest BCUT2D eigenvalue weighted by Gasteiger charge is -2.10. The van der Waals surface area contributed by atoms with Gasteiger partial charge in [-0.25, -0.2) is 8.78 Å². The Kier molecular flexibility index (Phi) is 4.00. The Morgan fingerprint density at radius 3 is 2.79 bits per heavy atom. The third-order valence-corrected chi connectivity index (χ3v) is 2.70. The summed E-state index contributed by atoms with van der Waals surface area (Å²) in [5, 5.41) is 10.2. The Morgan fingerprint density at radius 2 is 2.16 bits per heavy atom. The van der Waals surface area contributed by atoms with Crippen LogP contribution in [-0.2, 0) is 6.54 Å². The number of nitrogens with two attached hydrogens (primary N) is 1. The number of hydrogen-bond donors (Lipinski definition) is 2. The van der Waals surface area contributed by atoms with Crippen LogP contribution in [0.5, 0.6) is 0 Å². The van der Waals surface area contributed by atoms with E-state index in [1.165, 1.54) is 18.3 Å². The van der Waals surface area contributed by atoms with Crippen molar-refractivity contribution in [1.29, 1.82) is 0 Å². The molecule has 2 rings (SSSR count). The summed E-state index contributed by atoms with van der Waals surface area (Å²) in [5.74, 6) is -2.04. The molecule has 0 fully saturated rings. The first-order valence-electron chi connectivity index (χ1n) is 5.45. The van der Waals surface area contributed by atoms with E-state index in [1.54, 1.807) is 10.9 Å². The maximum absolute atomic E-state index is 13.7. The minimum Gasteiger partial charge on any atom is -0.389 e. The van der Waals surface area contributed by atoms with Gasteiger partial charge in [0, 0.05) is 18.3 Å². The molecular weight excluding hydrogens is 272 g/mol. The largest absolute Gasteiger partial charge is 0.389 e. The molecule has 2 aromatic rings. The fourth-order valence-electron chi connectivity index (χ4n) is 1.53. The van der Waals surface area contributed by atoms with Gasteiger partial charge in [-0.1, -0.05) is 17.4 Å². The van der Waals surface area contributed by atoms with Crippen LogP contribution >= 0.6 is 12.2 Å². The summed E-state index contributed by atoms with van der Waals surface area (Å²) in [7, 11) is 0. The van der Waals surface area contributed by atoms with Crippen molar-refractivity contribution in [2.75, 3.05) is 11.9 Å². The van der Waals surface area contributed by atoms with Gasteiger partial charge >= 0.3 is 0 Å². The van der Waals surface area contributed by atoms with E-state index in [0.717, 1.165) is 0 Å². The van der Waals surface area contributed by atoms with E-state index in [4.69, 9.17) is 5.73 Å². The number of hydrogen-bond acceptors (Lipinski definition) is 4. The predicted molar refractivity (Wildman–Crippen MR) is 70.8 cm³/mol. The van der Waals surface area contributed by atoms with Gasteiger partial charge in [0.15, 0.2) is 11.6 Å². The van der Waals surface area contributed by atoms with Gasteiger partial charge in [-0.15, -0.1) is 5.10 Å². The summed E-state index contributed by atoms with van der Waals surface area (Å²) in [6, 6.07) is 2.74. The monoisotopic (exact) mass is 283 g/mol. The Labute approximate surface area is 113 Å². The molecule has 5 nitrogen and oxygen atoms in total. The second-order valence-corrected chi connectivity index (χ2v) is 4.19. The van der Waals surface area contributed by atoms with Crippen LogP contribution in [0, 0.1) is 11.6 Å². The third kappa shape index (κ3) is 3.02. The Bertz CT molecular complexity index is 585. The van der Waals surface area contributed by atoms with Crippen molar-refractivity contribution in [3.63, 3.8) is 0 Å². The van der Waals surface area contributed by atoms with Crippen molar-refractivity contribution in [2.24, 2.45) is 5.73 Å². The first kappa shape index (κ1) is 13.3. The second kappa shape index (κ2) is 5.70. The second-order valence-electron chi connectivity index (χ2n) is 3.75. The van der Waals surface area contributed by atoms with Crippen molar-refractivity contribution >= 4 is 22.9 Å². The fraction of sp³-hybridized carbons (Fsp3) is 0.182. The highest BCUT2D eigenvalue weighted by Crippen LogP contribution is 2.20. The highest BCUT2D eigenvalue weighted by atomic mass is 32.1. The summed E-state index contributed by atoms with van der Waals surface area (Å²) >= 11 is 4.63. The molecule has 19 heavy (non-hydrogen) atoms. The van der Waals surface area contributed by atoms with E-state index in [-0.39, 0.29) is 16.2 Å². The summed E-state index contributed by atoms with van der Waals surface area (Å²) < 4.78 is 28.9. The van der Waals surface area contributed by atoms with Crippen LogP contribution in [0.3, 0.4) is 0 Å². The minimum absolute atomic E-state index is 0.0533. The Morgan fingerprint density at radius 1 is 1.37 bits per heavy atom. The van der Waals surface area contributed by atoms with Gasteiger partial charge in [-0.05, 0) is 12.1 Å². The number of thiocarbonyl (C=S) groups is 1. The van der Waals surface area contributed by atoms with Crippen LogP contribution in [-0.4, -0.2) is 26.5 Å². The van der Waals surface area contributed by atoms with Gasteiger partial charge in [0.25, 0.3) is 0 Å². The number of rotatable bonds is 5. The molecule has 0 atom stereocenters. The van der Waals surface area contributed by atoms with E-state index in [0.29, 0.717) is 13.1 Å². The number of aromatic nitrogens is 3. The Hall–Kier alpha value is -2.09. The zero-order chi connectivity index (χ0) is 13.8. The van der Waals surface area contributed by atoms with Crippen molar-refractivity contribution in [1.82, 2.24) is 15.0 Å². The van der Waals surface area contributed by atoms with Crippen molar-refractivity contribution in [3.05, 3.63) is 41.7 Å². The molecule has 1 aromatic carbocycles. The topological polar surface area (TPSA) is 68.8 Å². The predicted octanol–water partition coefficient (Wildman–Crippen LogP) is 1.30. The van der Waals surface area contributed by atoms with Gasteiger partial charge in [-0.2, -0.15) is 0 Å². The van der Waals surface area contributed by atoms with Crippen molar-refractivity contribution in [2.45, 2.75) is 6.54 Å². The summed E-state index contributed by atoms with van der Waals surface area (Å²) in [6.07, 6.45) is 3.21. The quantitative estimate of drug-likeness (QED) is 0.810. The molecule has 0 aliphatic rings. The number of anilines is 1. The fourth-order valence-corrected chi connectivity index (χ4v) is 1.69. The highest BCUT2D eigenvalue weighted by molar-refractivity contribution is 7.80. The molecule has 3 N–H and O–H groups in total. The number of benzene rings is 1. The molecule has 0 unspecified atom stereocenters. The van der Waals surface area contributed by atoms with Gasteiger partial charge in [0.05, 0.1) is 18.4 Å². The van der Waals surface area contributed by atoms with Crippen LogP contribution in [0.4, 0.5) is 14.5 Å². The molecule has 0 aliphatic carbocycles. The van der Waals surface area contributed by atoms with Crippen LogP contribution in [0.15, 0.2) is 24.5 Å². The molecule has 1 aromatic heterocycles. The van der Waals surface area contributed by atoms with E-state index in [9.17, 15) is 8.78 Å². The molecule has 1 heterocycles. The first-order chi connectivity index (χ1) is 9.09. The highest BCUT2D eigenvalue weighted by Gasteiger charge is 2.14. The summed E-state index contributed by atoms with van der Waals surface area (Å²) in [4.78, 5) is -0.175. The van der Waals surface area contributed by atoms with Crippen molar-refractivity contribution in [3.8, 4) is 0 Å². The van der Waals surface area contributed by atoms with Crippen LogP contribution in [0.25, 0.3) is 0 Å². The van der Waals surface area contributed by atoms with Crippen LogP contribution in [0.1, 0.15) is 5.56 Å². The van der Waals surface area contributed by atoms with Crippen molar-refractivity contribution < 1.29 is 8.78 Å². The normalized spacial score (nSPS) is 10.4. The molecule has 0 bridgehead atoms. The lowest BCUT2D eigenvalue weighted by molar-refractivity contribution is 0.508. The maximum Gasteiger partial charge on any atom is 0.182 e. The summed E-state index contributed by atoms with van der Waals surface area (Å²) in [5.41, 5.74) is 5.23. The molecule has 0 saturated heterocycles. The number of nitrogens with zero attached hydrogens (tertiary/aromatic N) is 3. The molecule has 0 spiro atoms. The van der Waals surface area contributed by atoms with Crippen LogP contribution in [0.2, 0.25) is 0 Å². The van der Waals surface area contributed by atoms with Gasteiger partial charge in [-0.3, -0.25) is 4.68 Å². The van der Waals surface area contributed by atoms with E-state index in [1.807, 2.05) is 0 Å². The average molecular weight is 283 g/mol. The molecule has 0 aliphatic heterocycles. The van der Waals surface area contributed by atoms with E-state index < -0.39 is 11.6 Å². The number of halogens is 2. The zero-order valence-electron chi connectivity index (χ0n) is 9.81. The maximum atomic E-state index is 13.7. The number of nitrogens with one attached hydrogen (secondary N) is 1. The van der Waals surface area contributed by atoms with E-state index >= 15 is 0 Å². The molecule has 0 amide bonds. The lowest BCUT2D eigenvalue weighted by Crippen LogP contribution is -2.15. The molecule has 0 radical (unpaired) electrons. The smallest absolute Gasteiger partial charge is 0.182 e. The van der Waals surface area contributed by atoms with E-state index in [2.05, 4.69) is 27.8 Å². The standard InChI is InChI=1S/C11H11F2N5S/c12-9-7(11(14)19)1-2-8(10(9)13)15-3-5-18-6-4-16-17-18/h1-2,4,6,15H,3,5H2,(H2,14,19). The van der Waals surface area contributed by atoms with Gasteiger partial charge < -0.3 is 11.1 Å². The third-order valence-electron chi connectivity index (χ3n) is 2.48. The van der Waals surface area contributed by atoms with Gasteiger partial charge in [0.1, 0.15) is 4.99 Å². The molecule has 0 saturated carbocycles. The minimum atomic E-state index is -1.04. The summed E-state index contributed by atoms with van der Waals surface area (Å²) in [6.45, 7) is 0.865. The SMILES string of the molecule is NC(=S)c1ccc(NCCn2ccnn2)c(F)c1F. The lowest BCUT2D eigenvalue weighted by atomic mass is 10.2. The van der Waals surface area contributed by atoms with Crippen LogP contribution < -0.4 is 11.1 Å². The van der Waals surface area contributed by atoms with Gasteiger partial charge in [0.2, 0.25) is 0 Å².